The first kappa shape index (κ1) is 17.7. The van der Waals surface area contributed by atoms with E-state index >= 15 is 0 Å². The zero-order valence-corrected chi connectivity index (χ0v) is 14.4. The average molecular weight is 322 g/mol. The third-order valence-corrected chi connectivity index (χ3v) is 4.03. The quantitative estimate of drug-likeness (QED) is 0.446. The Morgan fingerprint density at radius 3 is 2.61 bits per heavy atom. The molecular formula is C16H30N6O. The summed E-state index contributed by atoms with van der Waals surface area (Å²) in [7, 11) is 0. The lowest BCUT2D eigenvalue weighted by Crippen LogP contribution is -2.47. The van der Waals surface area contributed by atoms with Crippen LogP contribution in [0.5, 0.6) is 0 Å². The Morgan fingerprint density at radius 2 is 1.96 bits per heavy atom. The van der Waals surface area contributed by atoms with Gasteiger partial charge in [-0.05, 0) is 39.5 Å². The molecule has 1 aliphatic heterocycles. The Labute approximate surface area is 139 Å². The molecular weight excluding hydrogens is 292 g/mol. The normalized spacial score (nSPS) is 16.8. The lowest BCUT2D eigenvalue weighted by Gasteiger charge is -2.34. The molecule has 23 heavy (non-hydrogen) atoms. The van der Waals surface area contributed by atoms with Crippen LogP contribution in [0.25, 0.3) is 0 Å². The van der Waals surface area contributed by atoms with Gasteiger partial charge in [0.25, 0.3) is 0 Å². The topological polar surface area (TPSA) is 67.6 Å². The SMILES string of the molecule is CCNC(=NCCCCn1cnnc1)N1CCC(OCC)CC1. The molecule has 7 heteroatoms. The van der Waals surface area contributed by atoms with Crippen LogP contribution in [0.3, 0.4) is 0 Å². The molecule has 0 aromatic carbocycles. The number of unbranched alkanes of at least 4 members (excludes halogenated alkanes) is 1. The number of nitrogens with zero attached hydrogens (tertiary/aromatic N) is 5. The van der Waals surface area contributed by atoms with Gasteiger partial charge in [0.2, 0.25) is 0 Å². The second-order valence-electron chi connectivity index (χ2n) is 5.78. The summed E-state index contributed by atoms with van der Waals surface area (Å²) >= 11 is 0. The molecule has 2 heterocycles. The Bertz CT molecular complexity index is 439. The molecule has 1 aliphatic rings. The fourth-order valence-electron chi connectivity index (χ4n) is 2.82. The highest BCUT2D eigenvalue weighted by Crippen LogP contribution is 2.13. The number of guanidine groups is 1. The molecule has 1 aromatic heterocycles. The minimum atomic E-state index is 0.419. The van der Waals surface area contributed by atoms with Crippen molar-refractivity contribution in [3.63, 3.8) is 0 Å². The summed E-state index contributed by atoms with van der Waals surface area (Å²) in [5.41, 5.74) is 0. The smallest absolute Gasteiger partial charge is 0.193 e. The van der Waals surface area contributed by atoms with E-state index in [9.17, 15) is 0 Å². The zero-order valence-electron chi connectivity index (χ0n) is 14.4. The van der Waals surface area contributed by atoms with E-state index in [1.165, 1.54) is 0 Å². The van der Waals surface area contributed by atoms with Crippen LogP contribution in [0.4, 0.5) is 0 Å². The molecule has 0 amide bonds. The van der Waals surface area contributed by atoms with Crippen molar-refractivity contribution >= 4 is 5.96 Å². The standard InChI is InChI=1S/C16H30N6O/c1-3-17-16(22-11-7-15(8-12-22)23-4-2)18-9-5-6-10-21-13-19-20-14-21/h13-15H,3-12H2,1-2H3,(H,17,18). The monoisotopic (exact) mass is 322 g/mol. The molecule has 1 saturated heterocycles. The van der Waals surface area contributed by atoms with E-state index in [-0.39, 0.29) is 0 Å². The first-order chi connectivity index (χ1) is 11.3. The summed E-state index contributed by atoms with van der Waals surface area (Å²) in [4.78, 5) is 7.14. The fourth-order valence-corrected chi connectivity index (χ4v) is 2.82. The number of aromatic nitrogens is 3. The molecule has 130 valence electrons. The molecule has 2 rings (SSSR count). The van der Waals surface area contributed by atoms with Crippen LogP contribution in [0, 0.1) is 0 Å². The summed E-state index contributed by atoms with van der Waals surface area (Å²) in [6.07, 6.45) is 8.28. The van der Waals surface area contributed by atoms with Gasteiger partial charge in [-0.15, -0.1) is 10.2 Å². The van der Waals surface area contributed by atoms with Crippen LogP contribution in [0.15, 0.2) is 17.6 Å². The molecule has 0 saturated carbocycles. The number of likely N-dealkylation sites (tertiary alicyclic amines) is 1. The molecule has 7 nitrogen and oxygen atoms in total. The third kappa shape index (κ3) is 6.17. The van der Waals surface area contributed by atoms with E-state index in [4.69, 9.17) is 9.73 Å². The Morgan fingerprint density at radius 1 is 1.22 bits per heavy atom. The lowest BCUT2D eigenvalue weighted by molar-refractivity contribution is 0.0264. The molecule has 1 aromatic rings. The van der Waals surface area contributed by atoms with Gasteiger partial charge in [-0.1, -0.05) is 0 Å². The van der Waals surface area contributed by atoms with E-state index < -0.39 is 0 Å². The minimum Gasteiger partial charge on any atom is -0.378 e. The van der Waals surface area contributed by atoms with E-state index in [1.54, 1.807) is 12.7 Å². The third-order valence-electron chi connectivity index (χ3n) is 4.03. The largest absolute Gasteiger partial charge is 0.378 e. The minimum absolute atomic E-state index is 0.419. The molecule has 0 spiro atoms. The maximum atomic E-state index is 5.72. The van der Waals surface area contributed by atoms with Gasteiger partial charge in [0.15, 0.2) is 5.96 Å². The van der Waals surface area contributed by atoms with Gasteiger partial charge in [0.05, 0.1) is 6.10 Å². The van der Waals surface area contributed by atoms with Crippen molar-refractivity contribution in [2.45, 2.75) is 52.2 Å². The van der Waals surface area contributed by atoms with Crippen molar-refractivity contribution in [2.75, 3.05) is 32.8 Å². The van der Waals surface area contributed by atoms with Gasteiger partial charge in [0, 0.05) is 39.3 Å². The molecule has 0 radical (unpaired) electrons. The van der Waals surface area contributed by atoms with E-state index in [0.717, 1.165) is 71.0 Å². The predicted octanol–water partition coefficient (Wildman–Crippen LogP) is 1.52. The first-order valence-corrected chi connectivity index (χ1v) is 8.80. The summed E-state index contributed by atoms with van der Waals surface area (Å²) in [5.74, 6) is 1.05. The van der Waals surface area contributed by atoms with Crippen molar-refractivity contribution in [1.29, 1.82) is 0 Å². The van der Waals surface area contributed by atoms with Crippen LogP contribution in [-0.2, 0) is 11.3 Å². The molecule has 0 atom stereocenters. The second-order valence-corrected chi connectivity index (χ2v) is 5.78. The van der Waals surface area contributed by atoms with Gasteiger partial charge in [-0.3, -0.25) is 4.99 Å². The second kappa shape index (κ2) is 10.2. The number of hydrogen-bond donors (Lipinski definition) is 1. The van der Waals surface area contributed by atoms with E-state index in [0.29, 0.717) is 6.10 Å². The van der Waals surface area contributed by atoms with E-state index in [2.05, 4.69) is 34.3 Å². The maximum Gasteiger partial charge on any atom is 0.193 e. The van der Waals surface area contributed by atoms with Gasteiger partial charge < -0.3 is 19.5 Å². The Kier molecular flexibility index (Phi) is 7.86. The predicted molar refractivity (Wildman–Crippen MR) is 91.5 cm³/mol. The van der Waals surface area contributed by atoms with Crippen molar-refractivity contribution in [2.24, 2.45) is 4.99 Å². The number of ether oxygens (including phenoxy) is 1. The highest BCUT2D eigenvalue weighted by atomic mass is 16.5. The van der Waals surface area contributed by atoms with Crippen LogP contribution in [0.2, 0.25) is 0 Å². The van der Waals surface area contributed by atoms with E-state index in [1.807, 2.05) is 4.57 Å². The van der Waals surface area contributed by atoms with Gasteiger partial charge in [-0.2, -0.15) is 0 Å². The van der Waals surface area contributed by atoms with Crippen LogP contribution >= 0.6 is 0 Å². The average Bonchev–Trinajstić information content (AvgIpc) is 3.08. The van der Waals surface area contributed by atoms with Gasteiger partial charge >= 0.3 is 0 Å². The molecule has 0 aliphatic carbocycles. The number of hydrogen-bond acceptors (Lipinski definition) is 4. The van der Waals surface area contributed by atoms with Crippen molar-refractivity contribution in [3.8, 4) is 0 Å². The van der Waals surface area contributed by atoms with Crippen LogP contribution in [0.1, 0.15) is 39.5 Å². The van der Waals surface area contributed by atoms with Crippen molar-refractivity contribution in [1.82, 2.24) is 25.0 Å². The Hall–Kier alpha value is -1.63. The summed E-state index contributed by atoms with van der Waals surface area (Å²) in [6.45, 7) is 9.77. The number of rotatable bonds is 8. The molecule has 0 unspecified atom stereocenters. The van der Waals surface area contributed by atoms with Crippen molar-refractivity contribution < 1.29 is 4.74 Å². The zero-order chi connectivity index (χ0) is 16.3. The fraction of sp³-hybridized carbons (Fsp3) is 0.812. The van der Waals surface area contributed by atoms with Crippen molar-refractivity contribution in [3.05, 3.63) is 12.7 Å². The summed E-state index contributed by atoms with van der Waals surface area (Å²) < 4.78 is 7.73. The number of aliphatic imine (C=N–C) groups is 1. The number of nitrogens with one attached hydrogen (secondary N) is 1. The Balaban J connectivity index is 1.71. The van der Waals surface area contributed by atoms with Gasteiger partial charge in [0.1, 0.15) is 12.7 Å². The maximum absolute atomic E-state index is 5.72. The van der Waals surface area contributed by atoms with Crippen LogP contribution in [-0.4, -0.2) is 64.5 Å². The molecule has 0 bridgehead atoms. The first-order valence-electron chi connectivity index (χ1n) is 8.80. The molecule has 1 fully saturated rings. The number of aryl methyl sites for hydroxylation is 1. The lowest BCUT2D eigenvalue weighted by atomic mass is 10.1. The van der Waals surface area contributed by atoms with Crippen LogP contribution < -0.4 is 5.32 Å². The van der Waals surface area contributed by atoms with Gasteiger partial charge in [-0.25, -0.2) is 0 Å². The number of piperidine rings is 1. The summed E-state index contributed by atoms with van der Waals surface area (Å²) in [5, 5.41) is 11.0. The summed E-state index contributed by atoms with van der Waals surface area (Å²) in [6, 6.07) is 0. The highest BCUT2D eigenvalue weighted by Gasteiger charge is 2.21. The highest BCUT2D eigenvalue weighted by molar-refractivity contribution is 5.80. The molecule has 1 N–H and O–H groups in total.